The lowest BCUT2D eigenvalue weighted by Gasteiger charge is -2.21. The van der Waals surface area contributed by atoms with Crippen LogP contribution >= 0.6 is 0 Å². The summed E-state index contributed by atoms with van der Waals surface area (Å²) in [6.45, 7) is 9.15. The molecule has 0 N–H and O–H groups in total. The highest BCUT2D eigenvalue weighted by molar-refractivity contribution is 5.71. The van der Waals surface area contributed by atoms with Gasteiger partial charge in [-0.15, -0.1) is 0 Å². The zero-order chi connectivity index (χ0) is 25.8. The first-order chi connectivity index (χ1) is 17.1. The normalized spacial score (nSPS) is 11.8. The van der Waals surface area contributed by atoms with Crippen LogP contribution in [-0.2, 0) is 14.3 Å². The number of ether oxygens (including phenoxy) is 2. The lowest BCUT2D eigenvalue weighted by molar-refractivity contribution is -0.151. The second kappa shape index (κ2) is 27.7. The van der Waals surface area contributed by atoms with Gasteiger partial charge >= 0.3 is 5.97 Å². The van der Waals surface area contributed by atoms with Gasteiger partial charge in [-0.25, -0.2) is 0 Å². The molecule has 0 aromatic heterocycles. The third-order valence-electron chi connectivity index (χ3n) is 6.68. The third-order valence-corrected chi connectivity index (χ3v) is 6.68. The fourth-order valence-electron chi connectivity index (χ4n) is 4.34. The van der Waals surface area contributed by atoms with Gasteiger partial charge in [-0.1, -0.05) is 116 Å². The van der Waals surface area contributed by atoms with E-state index < -0.39 is 0 Å². The topological polar surface area (TPSA) is 38.8 Å². The number of unbranched alkanes of at least 4 members (excludes halogenated alkanes) is 14. The average Bonchev–Trinajstić information content (AvgIpc) is 2.84. The second-order valence-corrected chi connectivity index (χ2v) is 10.4. The van der Waals surface area contributed by atoms with E-state index in [-0.39, 0.29) is 12.1 Å². The summed E-state index contributed by atoms with van der Waals surface area (Å²) < 4.78 is 11.6. The van der Waals surface area contributed by atoms with Crippen molar-refractivity contribution >= 4 is 5.97 Å². The molecule has 0 unspecified atom stereocenters. The number of nitrogens with zero attached hydrogens (tertiary/aromatic N) is 1. The quantitative estimate of drug-likeness (QED) is 0.0648. The molecule has 0 aromatic rings. The summed E-state index contributed by atoms with van der Waals surface area (Å²) in [4.78, 5) is 14.6. The molecular formula is C31H61NO3. The Balaban J connectivity index is 4.09. The Labute approximate surface area is 219 Å². The number of allylic oxidation sites excluding steroid dienone is 1. The van der Waals surface area contributed by atoms with Crippen molar-refractivity contribution in [1.82, 2.24) is 4.90 Å². The molecule has 0 saturated carbocycles. The van der Waals surface area contributed by atoms with E-state index in [1.807, 2.05) is 11.9 Å². The van der Waals surface area contributed by atoms with Crippen molar-refractivity contribution in [3.8, 4) is 0 Å². The maximum atomic E-state index is 12.6. The van der Waals surface area contributed by atoms with Gasteiger partial charge in [0.25, 0.3) is 0 Å². The van der Waals surface area contributed by atoms with Crippen LogP contribution < -0.4 is 0 Å². The summed E-state index contributed by atoms with van der Waals surface area (Å²) in [6.07, 6.45) is 28.2. The molecular weight excluding hydrogens is 434 g/mol. The molecule has 0 heterocycles. The molecule has 0 rings (SSSR count). The van der Waals surface area contributed by atoms with E-state index in [0.717, 1.165) is 25.8 Å². The Morgan fingerprint density at radius 1 is 0.714 bits per heavy atom. The SMILES string of the molecule is CCCCCC/C=C\COCCN(C)CC(=O)OC(CCCCCCCC)CCCCCCCC. The molecule has 0 fully saturated rings. The van der Waals surface area contributed by atoms with Crippen LogP contribution in [0.15, 0.2) is 12.2 Å². The van der Waals surface area contributed by atoms with E-state index in [1.54, 1.807) is 0 Å². The summed E-state index contributed by atoms with van der Waals surface area (Å²) in [7, 11) is 1.98. The Morgan fingerprint density at radius 2 is 1.23 bits per heavy atom. The van der Waals surface area contributed by atoms with E-state index in [1.165, 1.54) is 103 Å². The maximum absolute atomic E-state index is 12.6. The molecule has 0 saturated heterocycles. The lowest BCUT2D eigenvalue weighted by atomic mass is 10.0. The highest BCUT2D eigenvalue weighted by atomic mass is 16.5. The minimum atomic E-state index is -0.0820. The predicted molar refractivity (Wildman–Crippen MR) is 152 cm³/mol. The zero-order valence-electron chi connectivity index (χ0n) is 24.2. The van der Waals surface area contributed by atoms with Crippen LogP contribution in [0.3, 0.4) is 0 Å². The Morgan fingerprint density at radius 3 is 1.80 bits per heavy atom. The van der Waals surface area contributed by atoms with E-state index in [0.29, 0.717) is 19.8 Å². The molecule has 0 aliphatic rings. The number of carbonyl (C=O) groups excluding carboxylic acids is 1. The molecule has 0 amide bonds. The Bertz CT molecular complexity index is 450. The number of carbonyl (C=O) groups is 1. The highest BCUT2D eigenvalue weighted by Crippen LogP contribution is 2.17. The van der Waals surface area contributed by atoms with Gasteiger partial charge in [0.1, 0.15) is 6.10 Å². The van der Waals surface area contributed by atoms with Crippen molar-refractivity contribution < 1.29 is 14.3 Å². The van der Waals surface area contributed by atoms with Gasteiger partial charge in [0.2, 0.25) is 0 Å². The van der Waals surface area contributed by atoms with Crippen LogP contribution in [0, 0.1) is 0 Å². The molecule has 4 heteroatoms. The predicted octanol–water partition coefficient (Wildman–Crippen LogP) is 8.87. The van der Waals surface area contributed by atoms with E-state index >= 15 is 0 Å². The van der Waals surface area contributed by atoms with Gasteiger partial charge in [0, 0.05) is 6.54 Å². The van der Waals surface area contributed by atoms with E-state index in [9.17, 15) is 4.79 Å². The van der Waals surface area contributed by atoms with Crippen molar-refractivity contribution in [2.45, 2.75) is 149 Å². The number of hydrogen-bond donors (Lipinski definition) is 0. The molecule has 208 valence electrons. The second-order valence-electron chi connectivity index (χ2n) is 10.4. The molecule has 0 aliphatic heterocycles. The van der Waals surface area contributed by atoms with Gasteiger partial charge < -0.3 is 9.47 Å². The van der Waals surface area contributed by atoms with Gasteiger partial charge in [0.15, 0.2) is 0 Å². The maximum Gasteiger partial charge on any atom is 0.320 e. The molecule has 0 spiro atoms. The van der Waals surface area contributed by atoms with Crippen molar-refractivity contribution in [1.29, 1.82) is 0 Å². The number of hydrogen-bond acceptors (Lipinski definition) is 4. The molecule has 4 nitrogen and oxygen atoms in total. The minimum Gasteiger partial charge on any atom is -0.461 e. The van der Waals surface area contributed by atoms with Gasteiger partial charge in [-0.3, -0.25) is 9.69 Å². The van der Waals surface area contributed by atoms with Crippen LogP contribution in [-0.4, -0.2) is 50.3 Å². The zero-order valence-corrected chi connectivity index (χ0v) is 24.2. The van der Waals surface area contributed by atoms with Crippen LogP contribution in [0.2, 0.25) is 0 Å². The first-order valence-corrected chi connectivity index (χ1v) is 15.2. The largest absolute Gasteiger partial charge is 0.461 e. The molecule has 0 bridgehead atoms. The van der Waals surface area contributed by atoms with E-state index in [4.69, 9.17) is 9.47 Å². The van der Waals surface area contributed by atoms with Gasteiger partial charge in [0.05, 0.1) is 19.8 Å². The smallest absolute Gasteiger partial charge is 0.320 e. The molecule has 0 atom stereocenters. The monoisotopic (exact) mass is 495 g/mol. The molecule has 35 heavy (non-hydrogen) atoms. The van der Waals surface area contributed by atoms with Crippen LogP contribution in [0.4, 0.5) is 0 Å². The molecule has 0 aromatic carbocycles. The fraction of sp³-hybridized carbons (Fsp3) is 0.903. The summed E-state index contributed by atoms with van der Waals surface area (Å²) >= 11 is 0. The minimum absolute atomic E-state index is 0.0820. The van der Waals surface area contributed by atoms with Crippen LogP contribution in [0.1, 0.15) is 143 Å². The van der Waals surface area contributed by atoms with Crippen LogP contribution in [0.5, 0.6) is 0 Å². The number of likely N-dealkylation sites (N-methyl/N-ethyl adjacent to an activating group) is 1. The first kappa shape index (κ1) is 34.1. The molecule has 0 radical (unpaired) electrons. The fourth-order valence-corrected chi connectivity index (χ4v) is 4.34. The van der Waals surface area contributed by atoms with Gasteiger partial charge in [-0.2, -0.15) is 0 Å². The van der Waals surface area contributed by atoms with Crippen molar-refractivity contribution in [2.24, 2.45) is 0 Å². The average molecular weight is 496 g/mol. The van der Waals surface area contributed by atoms with Gasteiger partial charge in [-0.05, 0) is 45.6 Å². The standard InChI is InChI=1S/C31H61NO3/c1-5-8-11-14-17-20-23-27-34-28-26-32(4)29-31(33)35-30(24-21-18-15-12-9-6-2)25-22-19-16-13-10-7-3/h20,23,30H,5-19,21-22,24-29H2,1-4H3/b23-20-. The van der Waals surface area contributed by atoms with Crippen molar-refractivity contribution in [2.75, 3.05) is 33.4 Å². The summed E-state index contributed by atoms with van der Waals surface area (Å²) in [5, 5.41) is 0. The Kier molecular flexibility index (Phi) is 27.0. The van der Waals surface area contributed by atoms with Crippen molar-refractivity contribution in [3.63, 3.8) is 0 Å². The molecule has 0 aliphatic carbocycles. The number of esters is 1. The Hall–Kier alpha value is -0.870. The first-order valence-electron chi connectivity index (χ1n) is 15.2. The third kappa shape index (κ3) is 26.0. The highest BCUT2D eigenvalue weighted by Gasteiger charge is 2.16. The van der Waals surface area contributed by atoms with Crippen LogP contribution in [0.25, 0.3) is 0 Å². The summed E-state index contributed by atoms with van der Waals surface area (Å²) in [5.74, 6) is -0.0820. The summed E-state index contributed by atoms with van der Waals surface area (Å²) in [5.41, 5.74) is 0. The summed E-state index contributed by atoms with van der Waals surface area (Å²) in [6, 6.07) is 0. The lowest BCUT2D eigenvalue weighted by Crippen LogP contribution is -2.32. The number of rotatable bonds is 27. The van der Waals surface area contributed by atoms with Crippen molar-refractivity contribution in [3.05, 3.63) is 12.2 Å². The van der Waals surface area contributed by atoms with E-state index in [2.05, 4.69) is 32.9 Å².